The molecule has 3 nitrogen and oxygen atoms in total. The van der Waals surface area contributed by atoms with Crippen molar-refractivity contribution in [3.63, 3.8) is 0 Å². The lowest BCUT2D eigenvalue weighted by molar-refractivity contribution is 0.0935. The molecule has 1 amide bonds. The second-order valence-corrected chi connectivity index (χ2v) is 4.60. The van der Waals surface area contributed by atoms with Gasteiger partial charge in [-0.15, -0.1) is 0 Å². The van der Waals surface area contributed by atoms with Crippen LogP contribution in [0.2, 0.25) is 0 Å². The fraction of sp³-hybridized carbons (Fsp3) is 0.133. The van der Waals surface area contributed by atoms with Gasteiger partial charge in [-0.3, -0.25) is 4.79 Å². The summed E-state index contributed by atoms with van der Waals surface area (Å²) < 4.78 is 39.8. The maximum Gasteiger partial charge on any atom is 0.254 e. The maximum atomic E-state index is 13.6. The highest BCUT2D eigenvalue weighted by atomic mass is 19.1. The predicted octanol–water partition coefficient (Wildman–Crippen LogP) is 3.18. The van der Waals surface area contributed by atoms with E-state index in [1.54, 1.807) is 13.0 Å². The Morgan fingerprint density at radius 1 is 1.14 bits per heavy atom. The Kier molecular flexibility index (Phi) is 4.16. The third-order valence-electron chi connectivity index (χ3n) is 3.03. The molecule has 0 aromatic heterocycles. The average molecular weight is 294 g/mol. The lowest BCUT2D eigenvalue weighted by atomic mass is 10.1. The van der Waals surface area contributed by atoms with Crippen LogP contribution in [0.4, 0.5) is 18.9 Å². The molecule has 0 saturated heterocycles. The van der Waals surface area contributed by atoms with Crippen molar-refractivity contribution >= 4 is 11.6 Å². The summed E-state index contributed by atoms with van der Waals surface area (Å²) in [5.74, 6) is -3.13. The molecule has 0 saturated carbocycles. The van der Waals surface area contributed by atoms with E-state index in [0.29, 0.717) is 11.6 Å². The molecule has 21 heavy (non-hydrogen) atoms. The maximum absolute atomic E-state index is 13.6. The molecule has 0 aliphatic heterocycles. The van der Waals surface area contributed by atoms with E-state index in [0.717, 1.165) is 6.07 Å². The van der Waals surface area contributed by atoms with Crippen LogP contribution in [0.1, 0.15) is 28.9 Å². The molecule has 0 bridgehead atoms. The van der Waals surface area contributed by atoms with Crippen LogP contribution in [0.3, 0.4) is 0 Å². The minimum Gasteiger partial charge on any atom is -0.396 e. The van der Waals surface area contributed by atoms with Gasteiger partial charge in [0.25, 0.3) is 5.91 Å². The molecule has 1 atom stereocenters. The van der Waals surface area contributed by atoms with Crippen molar-refractivity contribution in [2.24, 2.45) is 0 Å². The molecular weight excluding hydrogens is 281 g/mol. The quantitative estimate of drug-likeness (QED) is 0.854. The van der Waals surface area contributed by atoms with E-state index < -0.39 is 29.4 Å². The number of hydrogen-bond donors (Lipinski definition) is 2. The van der Waals surface area contributed by atoms with Crippen LogP contribution < -0.4 is 11.1 Å². The molecule has 0 fully saturated rings. The number of nitrogen functional groups attached to an aromatic ring is 1. The van der Waals surface area contributed by atoms with Crippen molar-refractivity contribution < 1.29 is 18.0 Å². The third kappa shape index (κ3) is 3.34. The van der Waals surface area contributed by atoms with Gasteiger partial charge >= 0.3 is 0 Å². The summed E-state index contributed by atoms with van der Waals surface area (Å²) in [6.45, 7) is 1.62. The van der Waals surface area contributed by atoms with E-state index in [1.807, 2.05) is 0 Å². The van der Waals surface area contributed by atoms with E-state index >= 15 is 0 Å². The van der Waals surface area contributed by atoms with Crippen LogP contribution in [0.15, 0.2) is 36.4 Å². The van der Waals surface area contributed by atoms with Gasteiger partial charge in [0.15, 0.2) is 0 Å². The highest BCUT2D eigenvalue weighted by molar-refractivity contribution is 5.95. The number of anilines is 1. The second kappa shape index (κ2) is 5.87. The first-order valence-corrected chi connectivity index (χ1v) is 6.19. The lowest BCUT2D eigenvalue weighted by Gasteiger charge is -2.15. The molecule has 3 N–H and O–H groups in total. The van der Waals surface area contributed by atoms with Crippen LogP contribution in [0.25, 0.3) is 0 Å². The number of nitrogens with one attached hydrogen (secondary N) is 1. The molecule has 2 aromatic carbocycles. The van der Waals surface area contributed by atoms with Crippen molar-refractivity contribution in [1.29, 1.82) is 0 Å². The Balaban J connectivity index is 2.20. The summed E-state index contributed by atoms with van der Waals surface area (Å²) in [4.78, 5) is 12.0. The summed E-state index contributed by atoms with van der Waals surface area (Å²) in [5, 5.41) is 2.50. The number of benzene rings is 2. The van der Waals surface area contributed by atoms with Gasteiger partial charge < -0.3 is 11.1 Å². The lowest BCUT2D eigenvalue weighted by Crippen LogP contribution is -2.27. The molecule has 6 heteroatoms. The first kappa shape index (κ1) is 14.9. The van der Waals surface area contributed by atoms with E-state index in [1.165, 1.54) is 18.2 Å². The predicted molar refractivity (Wildman–Crippen MR) is 73.1 cm³/mol. The Labute approximate surface area is 119 Å². The number of halogens is 3. The van der Waals surface area contributed by atoms with E-state index in [-0.39, 0.29) is 11.3 Å². The molecular formula is C15H13F3N2O. The molecule has 0 heterocycles. The summed E-state index contributed by atoms with van der Waals surface area (Å²) in [5.41, 5.74) is 5.16. The third-order valence-corrected chi connectivity index (χ3v) is 3.03. The van der Waals surface area contributed by atoms with Crippen molar-refractivity contribution in [2.75, 3.05) is 5.73 Å². The number of carbonyl (C=O) groups excluding carboxylic acids is 1. The second-order valence-electron chi connectivity index (χ2n) is 4.60. The van der Waals surface area contributed by atoms with Gasteiger partial charge in [0.05, 0.1) is 17.3 Å². The van der Waals surface area contributed by atoms with Crippen LogP contribution in [-0.2, 0) is 0 Å². The van der Waals surface area contributed by atoms with Gasteiger partial charge in [-0.2, -0.15) is 0 Å². The van der Waals surface area contributed by atoms with Crippen molar-refractivity contribution in [1.82, 2.24) is 5.32 Å². The summed E-state index contributed by atoms with van der Waals surface area (Å²) in [7, 11) is 0. The largest absolute Gasteiger partial charge is 0.396 e. The molecule has 1 unspecified atom stereocenters. The molecule has 0 aliphatic rings. The number of nitrogens with two attached hydrogens (primary N) is 1. The van der Waals surface area contributed by atoms with Gasteiger partial charge in [-0.1, -0.05) is 12.1 Å². The average Bonchev–Trinajstić information content (AvgIpc) is 2.42. The summed E-state index contributed by atoms with van der Waals surface area (Å²) >= 11 is 0. The number of rotatable bonds is 3. The van der Waals surface area contributed by atoms with Gasteiger partial charge in [-0.05, 0) is 30.7 Å². The Morgan fingerprint density at radius 2 is 1.86 bits per heavy atom. The monoisotopic (exact) mass is 294 g/mol. The highest BCUT2D eigenvalue weighted by Gasteiger charge is 2.17. The zero-order valence-corrected chi connectivity index (χ0v) is 11.2. The Bertz CT molecular complexity index is 689. The minimum atomic E-state index is -1.01. The highest BCUT2D eigenvalue weighted by Crippen LogP contribution is 2.19. The Hall–Kier alpha value is -2.50. The van der Waals surface area contributed by atoms with Crippen LogP contribution in [-0.4, -0.2) is 5.91 Å². The summed E-state index contributed by atoms with van der Waals surface area (Å²) in [6, 6.07) is 6.61. The topological polar surface area (TPSA) is 55.1 Å². The number of amides is 1. The van der Waals surface area contributed by atoms with Gasteiger partial charge in [-0.25, -0.2) is 13.2 Å². The van der Waals surface area contributed by atoms with Crippen LogP contribution in [0.5, 0.6) is 0 Å². The molecule has 2 rings (SSSR count). The standard InChI is InChI=1S/C15H13F3N2O/c1-8(9-3-2-4-10(16)5-9)20-15(21)11-6-14(19)13(18)7-12(11)17/h2-8H,19H2,1H3,(H,20,21). The number of hydrogen-bond acceptors (Lipinski definition) is 2. The van der Waals surface area contributed by atoms with Gasteiger partial charge in [0.1, 0.15) is 17.5 Å². The first-order chi connectivity index (χ1) is 9.88. The fourth-order valence-corrected chi connectivity index (χ4v) is 1.87. The SMILES string of the molecule is CC(NC(=O)c1cc(N)c(F)cc1F)c1cccc(F)c1. The zero-order valence-electron chi connectivity index (χ0n) is 11.2. The fourth-order valence-electron chi connectivity index (χ4n) is 1.87. The zero-order chi connectivity index (χ0) is 15.6. The van der Waals surface area contributed by atoms with Crippen LogP contribution in [0, 0.1) is 17.5 Å². The van der Waals surface area contributed by atoms with E-state index in [2.05, 4.69) is 5.32 Å². The number of carbonyl (C=O) groups is 1. The molecule has 0 spiro atoms. The van der Waals surface area contributed by atoms with Crippen LogP contribution >= 0.6 is 0 Å². The van der Waals surface area contributed by atoms with Gasteiger partial charge in [0, 0.05) is 6.07 Å². The first-order valence-electron chi connectivity index (χ1n) is 6.19. The normalized spacial score (nSPS) is 12.0. The molecule has 0 radical (unpaired) electrons. The van der Waals surface area contributed by atoms with Crippen molar-refractivity contribution in [2.45, 2.75) is 13.0 Å². The summed E-state index contributed by atoms with van der Waals surface area (Å²) in [6.07, 6.45) is 0. The molecule has 0 aliphatic carbocycles. The smallest absolute Gasteiger partial charge is 0.254 e. The molecule has 2 aromatic rings. The van der Waals surface area contributed by atoms with E-state index in [9.17, 15) is 18.0 Å². The van der Waals surface area contributed by atoms with Crippen molar-refractivity contribution in [3.8, 4) is 0 Å². The Morgan fingerprint density at radius 3 is 2.52 bits per heavy atom. The van der Waals surface area contributed by atoms with Crippen molar-refractivity contribution in [3.05, 3.63) is 65.0 Å². The van der Waals surface area contributed by atoms with Gasteiger partial charge in [0.2, 0.25) is 0 Å². The minimum absolute atomic E-state index is 0.319. The molecule has 110 valence electrons. The van der Waals surface area contributed by atoms with E-state index in [4.69, 9.17) is 5.73 Å².